The molecule has 0 spiro atoms. The first-order chi connectivity index (χ1) is 9.52. The van der Waals surface area contributed by atoms with E-state index in [0.717, 1.165) is 35.0 Å². The Kier molecular flexibility index (Phi) is 5.05. The number of rotatable bonds is 4. The summed E-state index contributed by atoms with van der Waals surface area (Å²) in [7, 11) is 3.47. The summed E-state index contributed by atoms with van der Waals surface area (Å²) in [5, 5.41) is 0. The minimum atomic E-state index is -0.0295. The van der Waals surface area contributed by atoms with Crippen molar-refractivity contribution in [2.24, 2.45) is 11.7 Å². The van der Waals surface area contributed by atoms with Crippen LogP contribution in [-0.4, -0.2) is 31.0 Å². The van der Waals surface area contributed by atoms with Crippen LogP contribution in [0.2, 0.25) is 0 Å². The summed E-state index contributed by atoms with van der Waals surface area (Å²) in [5.41, 5.74) is 7.00. The lowest BCUT2D eigenvalue weighted by molar-refractivity contribution is -0.134. The van der Waals surface area contributed by atoms with Gasteiger partial charge in [-0.2, -0.15) is 0 Å². The first-order valence-corrected chi connectivity index (χ1v) is 7.65. The minimum Gasteiger partial charge on any atom is -0.496 e. The Morgan fingerprint density at radius 2 is 2.25 bits per heavy atom. The summed E-state index contributed by atoms with van der Waals surface area (Å²) in [5.74, 6) is 0.902. The minimum absolute atomic E-state index is 0.00866. The fraction of sp³-hybridized carbons (Fsp3) is 0.533. The number of carbonyl (C=O) groups is 1. The largest absolute Gasteiger partial charge is 0.496 e. The van der Waals surface area contributed by atoms with Gasteiger partial charge < -0.3 is 15.4 Å². The molecule has 0 saturated heterocycles. The van der Waals surface area contributed by atoms with Crippen LogP contribution in [0.15, 0.2) is 22.7 Å². The highest BCUT2D eigenvalue weighted by Crippen LogP contribution is 2.28. The zero-order valence-corrected chi connectivity index (χ0v) is 13.5. The quantitative estimate of drug-likeness (QED) is 0.916. The predicted molar refractivity (Wildman–Crippen MR) is 82.5 cm³/mol. The van der Waals surface area contributed by atoms with E-state index < -0.39 is 0 Å². The molecule has 0 radical (unpaired) electrons. The molecule has 0 bridgehead atoms. The monoisotopic (exact) mass is 340 g/mol. The highest BCUT2D eigenvalue weighted by Gasteiger charge is 2.32. The maximum Gasteiger partial charge on any atom is 0.227 e. The van der Waals surface area contributed by atoms with Gasteiger partial charge in [-0.05, 0) is 31.0 Å². The van der Waals surface area contributed by atoms with Crippen LogP contribution < -0.4 is 10.5 Å². The van der Waals surface area contributed by atoms with Crippen molar-refractivity contribution < 1.29 is 9.53 Å². The Morgan fingerprint density at radius 3 is 2.85 bits per heavy atom. The lowest BCUT2D eigenvalue weighted by atomic mass is 10.0. The standard InChI is InChI=1S/C15H21BrN2O2/c1-18(15(19)12-4-3-5-13(12)17)9-10-8-11(16)6-7-14(10)20-2/h6-8,12-13H,3-5,9,17H2,1-2H3. The summed E-state index contributed by atoms with van der Waals surface area (Å²) in [4.78, 5) is 14.2. The molecular formula is C15H21BrN2O2. The molecule has 1 aromatic rings. The lowest BCUT2D eigenvalue weighted by Crippen LogP contribution is -2.39. The summed E-state index contributed by atoms with van der Waals surface area (Å²) in [6, 6.07) is 5.82. The highest BCUT2D eigenvalue weighted by molar-refractivity contribution is 9.10. The van der Waals surface area contributed by atoms with Crippen LogP contribution in [0.1, 0.15) is 24.8 Å². The summed E-state index contributed by atoms with van der Waals surface area (Å²) < 4.78 is 6.32. The number of hydrogen-bond acceptors (Lipinski definition) is 3. The van der Waals surface area contributed by atoms with Crippen molar-refractivity contribution in [1.29, 1.82) is 0 Å². The summed E-state index contributed by atoms with van der Waals surface area (Å²) in [6.45, 7) is 0.532. The molecule has 2 atom stereocenters. The molecule has 1 aliphatic carbocycles. The molecule has 0 aliphatic heterocycles. The van der Waals surface area contributed by atoms with Crippen LogP contribution in [0.5, 0.6) is 5.75 Å². The molecule has 0 aromatic heterocycles. The Labute approximate surface area is 128 Å². The third-order valence-corrected chi connectivity index (χ3v) is 4.41. The van der Waals surface area contributed by atoms with Crippen LogP contribution in [0.25, 0.3) is 0 Å². The molecule has 110 valence electrons. The lowest BCUT2D eigenvalue weighted by Gasteiger charge is -2.24. The van der Waals surface area contributed by atoms with E-state index >= 15 is 0 Å². The van der Waals surface area contributed by atoms with Crippen LogP contribution in [0.4, 0.5) is 0 Å². The summed E-state index contributed by atoms with van der Waals surface area (Å²) >= 11 is 3.45. The van der Waals surface area contributed by atoms with Crippen molar-refractivity contribution in [2.75, 3.05) is 14.2 Å². The number of ether oxygens (including phenoxy) is 1. The second-order valence-corrected chi connectivity index (χ2v) is 6.27. The fourth-order valence-electron chi connectivity index (χ4n) is 2.78. The number of methoxy groups -OCH3 is 1. The molecule has 1 amide bonds. The molecule has 2 rings (SSSR count). The van der Waals surface area contributed by atoms with Crippen molar-refractivity contribution in [3.05, 3.63) is 28.2 Å². The van der Waals surface area contributed by atoms with E-state index in [1.54, 1.807) is 12.0 Å². The number of amides is 1. The average molecular weight is 341 g/mol. The van der Waals surface area contributed by atoms with Gasteiger partial charge in [0, 0.05) is 29.7 Å². The molecule has 4 nitrogen and oxygen atoms in total. The number of hydrogen-bond donors (Lipinski definition) is 1. The topological polar surface area (TPSA) is 55.6 Å². The van der Waals surface area contributed by atoms with E-state index in [4.69, 9.17) is 10.5 Å². The van der Waals surface area contributed by atoms with Crippen molar-refractivity contribution >= 4 is 21.8 Å². The van der Waals surface area contributed by atoms with Crippen LogP contribution in [-0.2, 0) is 11.3 Å². The van der Waals surface area contributed by atoms with Crippen LogP contribution in [0.3, 0.4) is 0 Å². The first kappa shape index (κ1) is 15.3. The van der Waals surface area contributed by atoms with E-state index in [1.165, 1.54) is 0 Å². The van der Waals surface area contributed by atoms with Gasteiger partial charge in [0.2, 0.25) is 5.91 Å². The number of nitrogens with two attached hydrogens (primary N) is 1. The summed E-state index contributed by atoms with van der Waals surface area (Å²) in [6.07, 6.45) is 2.90. The number of benzene rings is 1. The molecular weight excluding hydrogens is 320 g/mol. The second-order valence-electron chi connectivity index (χ2n) is 5.35. The van der Waals surface area contributed by atoms with E-state index in [0.29, 0.717) is 6.54 Å². The molecule has 1 saturated carbocycles. The highest BCUT2D eigenvalue weighted by atomic mass is 79.9. The van der Waals surface area contributed by atoms with Gasteiger partial charge in [-0.1, -0.05) is 22.4 Å². The van der Waals surface area contributed by atoms with E-state index in [-0.39, 0.29) is 17.9 Å². The van der Waals surface area contributed by atoms with Crippen molar-refractivity contribution in [1.82, 2.24) is 4.90 Å². The van der Waals surface area contributed by atoms with Crippen molar-refractivity contribution in [3.8, 4) is 5.75 Å². The van der Waals surface area contributed by atoms with Crippen molar-refractivity contribution in [3.63, 3.8) is 0 Å². The van der Waals surface area contributed by atoms with Gasteiger partial charge in [0.25, 0.3) is 0 Å². The smallest absolute Gasteiger partial charge is 0.227 e. The molecule has 1 aromatic carbocycles. The maximum absolute atomic E-state index is 12.4. The third-order valence-electron chi connectivity index (χ3n) is 3.91. The predicted octanol–water partition coefficient (Wildman–Crippen LogP) is 2.54. The molecule has 20 heavy (non-hydrogen) atoms. The Hall–Kier alpha value is -1.07. The number of halogens is 1. The van der Waals surface area contributed by atoms with Gasteiger partial charge >= 0.3 is 0 Å². The number of carbonyl (C=O) groups excluding carboxylic acids is 1. The maximum atomic E-state index is 12.4. The molecule has 1 aliphatic rings. The fourth-order valence-corrected chi connectivity index (χ4v) is 3.19. The zero-order chi connectivity index (χ0) is 14.7. The average Bonchev–Trinajstić information content (AvgIpc) is 2.84. The van der Waals surface area contributed by atoms with E-state index in [1.807, 2.05) is 25.2 Å². The van der Waals surface area contributed by atoms with Gasteiger partial charge in [0.15, 0.2) is 0 Å². The zero-order valence-electron chi connectivity index (χ0n) is 11.9. The van der Waals surface area contributed by atoms with E-state index in [9.17, 15) is 4.79 Å². The third kappa shape index (κ3) is 3.33. The van der Waals surface area contributed by atoms with Crippen molar-refractivity contribution in [2.45, 2.75) is 31.8 Å². The molecule has 1 fully saturated rings. The molecule has 5 heteroatoms. The molecule has 2 unspecified atom stereocenters. The van der Waals surface area contributed by atoms with Crippen LogP contribution >= 0.6 is 15.9 Å². The van der Waals surface area contributed by atoms with Crippen LogP contribution in [0, 0.1) is 5.92 Å². The normalized spacial score (nSPS) is 21.8. The Balaban J connectivity index is 2.09. The van der Waals surface area contributed by atoms with E-state index in [2.05, 4.69) is 15.9 Å². The number of nitrogens with zero attached hydrogens (tertiary/aromatic N) is 1. The molecule has 2 N–H and O–H groups in total. The Morgan fingerprint density at radius 1 is 1.50 bits per heavy atom. The van der Waals surface area contributed by atoms with Gasteiger partial charge in [-0.25, -0.2) is 0 Å². The molecule has 0 heterocycles. The Bertz CT molecular complexity index is 493. The SMILES string of the molecule is COc1ccc(Br)cc1CN(C)C(=O)C1CCCC1N. The van der Waals surface area contributed by atoms with Gasteiger partial charge in [0.1, 0.15) is 5.75 Å². The first-order valence-electron chi connectivity index (χ1n) is 6.86. The van der Waals surface area contributed by atoms with Gasteiger partial charge in [0.05, 0.1) is 13.0 Å². The second kappa shape index (κ2) is 6.59. The van der Waals surface area contributed by atoms with Gasteiger partial charge in [-0.3, -0.25) is 4.79 Å². The van der Waals surface area contributed by atoms with Gasteiger partial charge in [-0.15, -0.1) is 0 Å².